The summed E-state index contributed by atoms with van der Waals surface area (Å²) < 4.78 is 1.77. The van der Waals surface area contributed by atoms with Crippen molar-refractivity contribution in [3.8, 4) is 5.69 Å². The first kappa shape index (κ1) is 17.5. The third-order valence-corrected chi connectivity index (χ3v) is 4.72. The van der Waals surface area contributed by atoms with Crippen LogP contribution in [0.1, 0.15) is 16.8 Å². The van der Waals surface area contributed by atoms with E-state index in [9.17, 15) is 4.79 Å². The Bertz CT molecular complexity index is 1150. The van der Waals surface area contributed by atoms with Crippen LogP contribution in [0.2, 0.25) is 5.02 Å². The summed E-state index contributed by atoms with van der Waals surface area (Å²) in [4.78, 5) is 15.6. The molecular formula is C21H19ClN4O. The van der Waals surface area contributed by atoms with Gasteiger partial charge in [-0.15, -0.1) is 0 Å². The van der Waals surface area contributed by atoms with Crippen molar-refractivity contribution in [2.75, 3.05) is 0 Å². The summed E-state index contributed by atoms with van der Waals surface area (Å²) in [6.45, 7) is 3.05. The fraction of sp³-hybridized carbons (Fsp3) is 0.143. The maximum atomic E-state index is 12.6. The van der Waals surface area contributed by atoms with Crippen LogP contribution in [0.15, 0.2) is 65.5 Å². The fourth-order valence-electron chi connectivity index (χ4n) is 3.14. The third-order valence-electron chi connectivity index (χ3n) is 4.48. The highest BCUT2D eigenvalue weighted by Gasteiger charge is 2.12. The quantitative estimate of drug-likeness (QED) is 0.552. The highest BCUT2D eigenvalue weighted by atomic mass is 35.5. The zero-order chi connectivity index (χ0) is 18.8. The van der Waals surface area contributed by atoms with E-state index in [0.717, 1.165) is 22.3 Å². The standard InChI is InChI=1S/C21H19ClN4O/c1-14-19-11-16(13-23-12-15-6-5-7-17(22)10-15)21(27)24-20(19)26(25-14)18-8-3-2-4-9-18/h2-11,23H,12-13H2,1H3,(H,24,27). The van der Waals surface area contributed by atoms with Crippen molar-refractivity contribution < 1.29 is 0 Å². The molecule has 2 heterocycles. The molecule has 5 nitrogen and oxygen atoms in total. The minimum atomic E-state index is -0.113. The molecule has 0 bridgehead atoms. The summed E-state index contributed by atoms with van der Waals surface area (Å²) in [7, 11) is 0. The first-order valence-corrected chi connectivity index (χ1v) is 9.12. The lowest BCUT2D eigenvalue weighted by Gasteiger charge is -2.06. The van der Waals surface area contributed by atoms with Crippen LogP contribution in [-0.2, 0) is 13.1 Å². The van der Waals surface area contributed by atoms with Crippen molar-refractivity contribution in [2.45, 2.75) is 20.0 Å². The number of hydrogen-bond acceptors (Lipinski definition) is 3. The molecule has 2 aromatic carbocycles. The summed E-state index contributed by atoms with van der Waals surface area (Å²) in [6, 6.07) is 19.4. The molecule has 6 heteroatoms. The normalized spacial score (nSPS) is 11.2. The van der Waals surface area contributed by atoms with Gasteiger partial charge < -0.3 is 10.3 Å². The number of nitrogens with zero attached hydrogens (tertiary/aromatic N) is 2. The number of fused-ring (bicyclic) bond motifs is 1. The Morgan fingerprint density at radius 3 is 2.67 bits per heavy atom. The SMILES string of the molecule is Cc1nn(-c2ccccc2)c2[nH]c(=O)c(CNCc3cccc(Cl)c3)cc12. The van der Waals surface area contributed by atoms with E-state index < -0.39 is 0 Å². The van der Waals surface area contributed by atoms with E-state index in [1.807, 2.05) is 67.6 Å². The zero-order valence-electron chi connectivity index (χ0n) is 14.9. The molecule has 136 valence electrons. The number of para-hydroxylation sites is 1. The largest absolute Gasteiger partial charge is 0.308 e. The molecule has 0 amide bonds. The molecule has 0 spiro atoms. The number of rotatable bonds is 5. The molecule has 0 aliphatic carbocycles. The van der Waals surface area contributed by atoms with Crippen LogP contribution in [0.3, 0.4) is 0 Å². The number of aromatic nitrogens is 3. The second-order valence-electron chi connectivity index (χ2n) is 6.45. The molecule has 0 radical (unpaired) electrons. The van der Waals surface area contributed by atoms with Crippen LogP contribution in [0.4, 0.5) is 0 Å². The molecule has 0 saturated carbocycles. The van der Waals surface area contributed by atoms with Gasteiger partial charge in [-0.2, -0.15) is 5.10 Å². The van der Waals surface area contributed by atoms with Gasteiger partial charge in [-0.25, -0.2) is 4.68 Å². The van der Waals surface area contributed by atoms with Crippen LogP contribution in [0, 0.1) is 6.92 Å². The molecule has 2 N–H and O–H groups in total. The monoisotopic (exact) mass is 378 g/mol. The van der Waals surface area contributed by atoms with Gasteiger partial charge in [-0.1, -0.05) is 41.9 Å². The van der Waals surface area contributed by atoms with Gasteiger partial charge in [0.25, 0.3) is 5.56 Å². The summed E-state index contributed by atoms with van der Waals surface area (Å²) in [6.07, 6.45) is 0. The lowest BCUT2D eigenvalue weighted by Crippen LogP contribution is -2.21. The predicted octanol–water partition coefficient (Wildman–Crippen LogP) is 3.97. The average molecular weight is 379 g/mol. The van der Waals surface area contributed by atoms with E-state index in [0.29, 0.717) is 29.3 Å². The van der Waals surface area contributed by atoms with E-state index >= 15 is 0 Å². The Morgan fingerprint density at radius 1 is 1.07 bits per heavy atom. The lowest BCUT2D eigenvalue weighted by molar-refractivity contribution is 0.688. The van der Waals surface area contributed by atoms with Crippen molar-refractivity contribution in [2.24, 2.45) is 0 Å². The van der Waals surface area contributed by atoms with Gasteiger partial charge in [-0.3, -0.25) is 4.79 Å². The number of H-pyrrole nitrogens is 1. The van der Waals surface area contributed by atoms with Gasteiger partial charge in [-0.05, 0) is 42.8 Å². The molecule has 0 fully saturated rings. The van der Waals surface area contributed by atoms with Crippen LogP contribution in [0.25, 0.3) is 16.7 Å². The number of aryl methyl sites for hydroxylation is 1. The first-order valence-electron chi connectivity index (χ1n) is 8.74. The van der Waals surface area contributed by atoms with Crippen molar-refractivity contribution in [1.82, 2.24) is 20.1 Å². The summed E-state index contributed by atoms with van der Waals surface area (Å²) in [5.74, 6) is 0. The molecule has 4 rings (SSSR count). The Labute approximate surface area is 161 Å². The molecule has 0 atom stereocenters. The van der Waals surface area contributed by atoms with E-state index in [2.05, 4.69) is 15.4 Å². The van der Waals surface area contributed by atoms with Crippen molar-refractivity contribution in [3.05, 3.63) is 92.9 Å². The number of hydrogen-bond donors (Lipinski definition) is 2. The van der Waals surface area contributed by atoms with Crippen LogP contribution < -0.4 is 10.9 Å². The Hall–Kier alpha value is -2.89. The smallest absolute Gasteiger partial charge is 0.254 e. The lowest BCUT2D eigenvalue weighted by atomic mass is 10.2. The first-order chi connectivity index (χ1) is 13.1. The minimum Gasteiger partial charge on any atom is -0.308 e. The van der Waals surface area contributed by atoms with Gasteiger partial charge in [0, 0.05) is 29.1 Å². The molecule has 0 unspecified atom stereocenters. The summed E-state index contributed by atoms with van der Waals surface area (Å²) in [5, 5.41) is 9.54. The highest BCUT2D eigenvalue weighted by molar-refractivity contribution is 6.30. The summed E-state index contributed by atoms with van der Waals surface area (Å²) in [5.41, 5.74) is 4.15. The van der Waals surface area contributed by atoms with Gasteiger partial charge in [0.1, 0.15) is 5.65 Å². The van der Waals surface area contributed by atoms with Crippen molar-refractivity contribution in [1.29, 1.82) is 0 Å². The number of benzene rings is 2. The van der Waals surface area contributed by atoms with E-state index in [1.165, 1.54) is 0 Å². The predicted molar refractivity (Wildman–Crippen MR) is 108 cm³/mol. The molecule has 0 saturated heterocycles. The molecule has 2 aromatic heterocycles. The van der Waals surface area contributed by atoms with Crippen molar-refractivity contribution >= 4 is 22.6 Å². The number of halogens is 1. The number of pyridine rings is 1. The van der Waals surface area contributed by atoms with Crippen LogP contribution in [-0.4, -0.2) is 14.8 Å². The highest BCUT2D eigenvalue weighted by Crippen LogP contribution is 2.19. The zero-order valence-corrected chi connectivity index (χ0v) is 15.6. The summed E-state index contributed by atoms with van der Waals surface area (Å²) >= 11 is 6.01. The van der Waals surface area contributed by atoms with Gasteiger partial charge in [0.05, 0.1) is 11.4 Å². The maximum Gasteiger partial charge on any atom is 0.254 e. The Morgan fingerprint density at radius 2 is 1.89 bits per heavy atom. The van der Waals surface area contributed by atoms with E-state index in [-0.39, 0.29) is 5.56 Å². The van der Waals surface area contributed by atoms with Crippen molar-refractivity contribution in [3.63, 3.8) is 0 Å². The number of aromatic amines is 1. The van der Waals surface area contributed by atoms with E-state index in [4.69, 9.17) is 11.6 Å². The topological polar surface area (TPSA) is 62.7 Å². The average Bonchev–Trinajstić information content (AvgIpc) is 2.98. The molecule has 4 aromatic rings. The van der Waals surface area contributed by atoms with Crippen LogP contribution >= 0.6 is 11.6 Å². The van der Waals surface area contributed by atoms with E-state index in [1.54, 1.807) is 4.68 Å². The van der Waals surface area contributed by atoms with Crippen LogP contribution in [0.5, 0.6) is 0 Å². The molecule has 0 aliphatic heterocycles. The second-order valence-corrected chi connectivity index (χ2v) is 6.89. The number of nitrogens with one attached hydrogen (secondary N) is 2. The van der Waals surface area contributed by atoms with Gasteiger partial charge in [0.15, 0.2) is 0 Å². The molecule has 0 aliphatic rings. The third kappa shape index (κ3) is 3.65. The second kappa shape index (κ2) is 7.39. The fourth-order valence-corrected chi connectivity index (χ4v) is 3.35. The molecular weight excluding hydrogens is 360 g/mol. The Kier molecular flexibility index (Phi) is 4.79. The minimum absolute atomic E-state index is 0.113. The molecule has 27 heavy (non-hydrogen) atoms. The Balaban J connectivity index is 1.60. The van der Waals surface area contributed by atoms with Gasteiger partial charge in [0.2, 0.25) is 0 Å². The van der Waals surface area contributed by atoms with Gasteiger partial charge >= 0.3 is 0 Å². The maximum absolute atomic E-state index is 12.6.